The summed E-state index contributed by atoms with van der Waals surface area (Å²) in [5, 5.41) is 3.72. The summed E-state index contributed by atoms with van der Waals surface area (Å²) in [5.41, 5.74) is -0.212. The summed E-state index contributed by atoms with van der Waals surface area (Å²) in [4.78, 5) is 17.5. The quantitative estimate of drug-likeness (QED) is 0.820. The molecule has 2 aliphatic heterocycles. The van der Waals surface area contributed by atoms with E-state index in [0.29, 0.717) is 17.9 Å². The minimum Gasteiger partial charge on any atom is -0.321 e. The molecule has 0 bridgehead atoms. The van der Waals surface area contributed by atoms with Crippen LogP contribution in [0.25, 0.3) is 0 Å². The summed E-state index contributed by atoms with van der Waals surface area (Å²) in [7, 11) is 2.16. The minimum atomic E-state index is -0.212. The van der Waals surface area contributed by atoms with Crippen molar-refractivity contribution in [2.24, 2.45) is 5.92 Å². The average Bonchev–Trinajstić information content (AvgIpc) is 3.03. The minimum absolute atomic E-state index is 0.212. The summed E-state index contributed by atoms with van der Waals surface area (Å²) in [6.45, 7) is 6.61. The number of hydrogen-bond donors (Lipinski definition) is 1. The third kappa shape index (κ3) is 2.09. The largest absolute Gasteiger partial charge is 0.321 e. The molecule has 1 aliphatic carbocycles. The van der Waals surface area contributed by atoms with Crippen LogP contribution in [0.2, 0.25) is 0 Å². The zero-order valence-corrected chi connectivity index (χ0v) is 12.5. The standard InChI is InChI=1S/C15H27N3O/c1-11(2)13-16-15(7-4-5-8-15)14(19)18(13)12-6-9-17(3)10-12/h11-13,16H,4-10H2,1-3H3. The van der Waals surface area contributed by atoms with E-state index in [1.807, 2.05) is 0 Å². The summed E-state index contributed by atoms with van der Waals surface area (Å²) < 4.78 is 0. The van der Waals surface area contributed by atoms with Crippen molar-refractivity contribution in [2.45, 2.75) is 63.7 Å². The van der Waals surface area contributed by atoms with Gasteiger partial charge in [-0.3, -0.25) is 10.1 Å². The summed E-state index contributed by atoms with van der Waals surface area (Å²) in [6.07, 6.45) is 5.83. The molecular weight excluding hydrogens is 238 g/mol. The van der Waals surface area contributed by atoms with Gasteiger partial charge in [-0.05, 0) is 38.8 Å². The topological polar surface area (TPSA) is 35.6 Å². The first-order valence-electron chi connectivity index (χ1n) is 7.82. The van der Waals surface area contributed by atoms with Crippen LogP contribution in [0.5, 0.6) is 0 Å². The summed E-state index contributed by atoms with van der Waals surface area (Å²) in [6, 6.07) is 0.414. The number of amides is 1. The molecule has 0 aromatic carbocycles. The molecule has 19 heavy (non-hydrogen) atoms. The average molecular weight is 265 g/mol. The Bertz CT molecular complexity index is 362. The molecule has 1 N–H and O–H groups in total. The van der Waals surface area contributed by atoms with Gasteiger partial charge < -0.3 is 9.80 Å². The summed E-state index contributed by atoms with van der Waals surface area (Å²) in [5.74, 6) is 0.874. The number of hydrogen-bond acceptors (Lipinski definition) is 3. The van der Waals surface area contributed by atoms with Crippen molar-refractivity contribution in [1.29, 1.82) is 0 Å². The fourth-order valence-corrected chi connectivity index (χ4v) is 4.14. The van der Waals surface area contributed by atoms with Crippen molar-refractivity contribution >= 4 is 5.91 Å². The van der Waals surface area contributed by atoms with E-state index in [-0.39, 0.29) is 11.7 Å². The van der Waals surface area contributed by atoms with Crippen molar-refractivity contribution in [3.8, 4) is 0 Å². The first kappa shape index (κ1) is 13.4. The van der Waals surface area contributed by atoms with E-state index in [1.165, 1.54) is 12.8 Å². The number of carbonyl (C=O) groups excluding carboxylic acids is 1. The molecule has 0 aromatic rings. The predicted octanol–water partition coefficient (Wildman–Crippen LogP) is 1.42. The number of nitrogens with zero attached hydrogens (tertiary/aromatic N) is 2. The van der Waals surface area contributed by atoms with Gasteiger partial charge >= 0.3 is 0 Å². The highest BCUT2D eigenvalue weighted by atomic mass is 16.2. The monoisotopic (exact) mass is 265 g/mol. The van der Waals surface area contributed by atoms with E-state index in [1.54, 1.807) is 0 Å². The van der Waals surface area contributed by atoms with Crippen molar-refractivity contribution in [1.82, 2.24) is 15.1 Å². The van der Waals surface area contributed by atoms with Gasteiger partial charge in [-0.15, -0.1) is 0 Å². The van der Waals surface area contributed by atoms with E-state index in [9.17, 15) is 4.79 Å². The molecule has 3 rings (SSSR count). The molecule has 1 saturated carbocycles. The number of likely N-dealkylation sites (tertiary alicyclic amines) is 1. The van der Waals surface area contributed by atoms with E-state index >= 15 is 0 Å². The number of likely N-dealkylation sites (N-methyl/N-ethyl adjacent to an activating group) is 1. The number of nitrogens with one attached hydrogen (secondary N) is 1. The number of carbonyl (C=O) groups is 1. The second-order valence-corrected chi connectivity index (χ2v) is 7.04. The van der Waals surface area contributed by atoms with E-state index in [4.69, 9.17) is 0 Å². The van der Waals surface area contributed by atoms with Crippen LogP contribution >= 0.6 is 0 Å². The van der Waals surface area contributed by atoms with Gasteiger partial charge in [0, 0.05) is 12.6 Å². The molecule has 2 heterocycles. The third-order valence-corrected chi connectivity index (χ3v) is 5.22. The predicted molar refractivity (Wildman–Crippen MR) is 75.7 cm³/mol. The van der Waals surface area contributed by atoms with Crippen molar-refractivity contribution in [2.75, 3.05) is 20.1 Å². The lowest BCUT2D eigenvalue weighted by Gasteiger charge is -2.32. The maximum absolute atomic E-state index is 13.0. The molecule has 4 nitrogen and oxygen atoms in total. The normalized spacial score (nSPS) is 35.2. The Morgan fingerprint density at radius 3 is 2.53 bits per heavy atom. The molecule has 0 aromatic heterocycles. The van der Waals surface area contributed by atoms with Crippen molar-refractivity contribution in [3.63, 3.8) is 0 Å². The Balaban J connectivity index is 1.85. The highest BCUT2D eigenvalue weighted by molar-refractivity contribution is 5.89. The Hall–Kier alpha value is -0.610. The Kier molecular flexibility index (Phi) is 3.34. The van der Waals surface area contributed by atoms with Crippen molar-refractivity contribution in [3.05, 3.63) is 0 Å². The van der Waals surface area contributed by atoms with Gasteiger partial charge in [-0.1, -0.05) is 26.7 Å². The van der Waals surface area contributed by atoms with Gasteiger partial charge in [0.1, 0.15) is 0 Å². The molecule has 0 radical (unpaired) electrons. The van der Waals surface area contributed by atoms with E-state index in [2.05, 4.69) is 36.0 Å². The van der Waals surface area contributed by atoms with Gasteiger partial charge in [0.25, 0.3) is 0 Å². The molecule has 1 amide bonds. The molecule has 108 valence electrons. The lowest BCUT2D eigenvalue weighted by atomic mass is 9.97. The molecule has 2 saturated heterocycles. The van der Waals surface area contributed by atoms with Gasteiger partial charge in [0.05, 0.1) is 11.7 Å². The lowest BCUT2D eigenvalue weighted by Crippen LogP contribution is -2.48. The van der Waals surface area contributed by atoms with Crippen LogP contribution in [-0.2, 0) is 4.79 Å². The maximum Gasteiger partial charge on any atom is 0.244 e. The van der Waals surface area contributed by atoms with Gasteiger partial charge in [0.15, 0.2) is 0 Å². The molecule has 3 aliphatic rings. The van der Waals surface area contributed by atoms with Crippen LogP contribution < -0.4 is 5.32 Å². The fraction of sp³-hybridized carbons (Fsp3) is 0.933. The SMILES string of the molecule is CC(C)C1NC2(CCCC2)C(=O)N1C1CCN(C)C1. The van der Waals surface area contributed by atoms with Crippen LogP contribution in [0.1, 0.15) is 46.0 Å². The van der Waals surface area contributed by atoms with Gasteiger partial charge in [-0.2, -0.15) is 0 Å². The smallest absolute Gasteiger partial charge is 0.244 e. The molecule has 2 atom stereocenters. The Morgan fingerprint density at radius 2 is 2.00 bits per heavy atom. The Labute approximate surface area is 116 Å². The molecular formula is C15H27N3O. The van der Waals surface area contributed by atoms with Crippen LogP contribution in [0.15, 0.2) is 0 Å². The van der Waals surface area contributed by atoms with Gasteiger partial charge in [0.2, 0.25) is 5.91 Å². The molecule has 3 fully saturated rings. The third-order valence-electron chi connectivity index (χ3n) is 5.22. The maximum atomic E-state index is 13.0. The van der Waals surface area contributed by atoms with E-state index in [0.717, 1.165) is 32.4 Å². The first-order valence-corrected chi connectivity index (χ1v) is 7.82. The fourth-order valence-electron chi connectivity index (χ4n) is 4.14. The van der Waals surface area contributed by atoms with Crippen LogP contribution in [0.4, 0.5) is 0 Å². The zero-order chi connectivity index (χ0) is 13.6. The number of rotatable bonds is 2. The summed E-state index contributed by atoms with van der Waals surface area (Å²) >= 11 is 0. The van der Waals surface area contributed by atoms with Gasteiger partial charge in [-0.25, -0.2) is 0 Å². The second-order valence-electron chi connectivity index (χ2n) is 7.04. The van der Waals surface area contributed by atoms with Crippen LogP contribution in [0.3, 0.4) is 0 Å². The first-order chi connectivity index (χ1) is 9.03. The zero-order valence-electron chi connectivity index (χ0n) is 12.5. The van der Waals surface area contributed by atoms with Crippen LogP contribution in [-0.4, -0.2) is 53.6 Å². The van der Waals surface area contributed by atoms with Crippen LogP contribution in [0, 0.1) is 5.92 Å². The molecule has 2 unspecified atom stereocenters. The molecule has 4 heteroatoms. The molecule has 1 spiro atoms. The Morgan fingerprint density at radius 1 is 1.32 bits per heavy atom. The lowest BCUT2D eigenvalue weighted by molar-refractivity contribution is -0.135. The van der Waals surface area contributed by atoms with E-state index < -0.39 is 0 Å². The highest BCUT2D eigenvalue weighted by Crippen LogP contribution is 2.39. The second kappa shape index (κ2) is 4.74. The van der Waals surface area contributed by atoms with Crippen molar-refractivity contribution < 1.29 is 4.79 Å². The highest BCUT2D eigenvalue weighted by Gasteiger charge is 2.54.